The van der Waals surface area contributed by atoms with Gasteiger partial charge in [-0.05, 0) is 83.2 Å². The predicted molar refractivity (Wildman–Crippen MR) is 188 cm³/mol. The minimum atomic E-state index is -0.859. The standard InChI is InChI=1S/C37H49FN6O7/c1-23-17-27(18-24(2)30(23)38)44-32(40-33(45)39-19-28(48-7)49-8)29-25(3)43(35(47)50-20-26-13-10-9-11-14-26)22-37(31(29)41-44)15-12-16-42(21-37)34(46)51-36(4,5)6/h9-11,13-14,17-18,25,28H,12,15-16,19-22H2,1-8H3,(H2,39,40,45)/t25-,37?/m0/s1. The Morgan fingerprint density at radius 3 is 2.33 bits per heavy atom. The Bertz CT molecular complexity index is 1720. The number of rotatable bonds is 8. The van der Waals surface area contributed by atoms with E-state index >= 15 is 0 Å². The minimum absolute atomic E-state index is 0.0478. The molecule has 13 nitrogen and oxygen atoms in total. The highest BCUT2D eigenvalue weighted by Gasteiger charge is 2.51. The molecule has 14 heteroatoms. The Morgan fingerprint density at radius 2 is 1.71 bits per heavy atom. The molecule has 0 radical (unpaired) electrons. The Balaban J connectivity index is 1.63. The van der Waals surface area contributed by atoms with E-state index in [1.807, 2.05) is 58.0 Å². The Labute approximate surface area is 298 Å². The number of nitrogens with zero attached hydrogens (tertiary/aromatic N) is 4. The number of nitrogens with one attached hydrogen (secondary N) is 2. The lowest BCUT2D eigenvalue weighted by atomic mass is 9.71. The Kier molecular flexibility index (Phi) is 11.3. The van der Waals surface area contributed by atoms with Crippen molar-refractivity contribution in [3.8, 4) is 5.69 Å². The molecular formula is C37H49FN6O7. The molecule has 5 rings (SSSR count). The van der Waals surface area contributed by atoms with Gasteiger partial charge < -0.3 is 34.1 Å². The number of fused-ring (bicyclic) bond motifs is 2. The third-order valence-corrected chi connectivity index (χ3v) is 9.30. The fraction of sp³-hybridized carbons (Fsp3) is 0.514. The first-order valence-electron chi connectivity index (χ1n) is 17.1. The first-order valence-corrected chi connectivity index (χ1v) is 17.1. The second kappa shape index (κ2) is 15.3. The lowest BCUT2D eigenvalue weighted by molar-refractivity contribution is -0.0970. The summed E-state index contributed by atoms with van der Waals surface area (Å²) in [6.07, 6.45) is -0.504. The molecule has 1 spiro atoms. The molecule has 0 bridgehead atoms. The molecule has 276 valence electrons. The molecule has 2 N–H and O–H groups in total. The number of amides is 4. The zero-order valence-corrected chi connectivity index (χ0v) is 30.7. The Morgan fingerprint density at radius 1 is 1.04 bits per heavy atom. The number of carbonyl (C=O) groups excluding carboxylic acids is 3. The number of benzene rings is 2. The first-order chi connectivity index (χ1) is 24.2. The third-order valence-electron chi connectivity index (χ3n) is 9.30. The smallest absolute Gasteiger partial charge is 0.410 e. The predicted octanol–water partition coefficient (Wildman–Crippen LogP) is 6.35. The van der Waals surface area contributed by atoms with Crippen molar-refractivity contribution in [2.45, 2.75) is 84.3 Å². The van der Waals surface area contributed by atoms with E-state index in [1.54, 1.807) is 40.5 Å². The number of anilines is 1. The number of ether oxygens (including phenoxy) is 4. The molecule has 1 fully saturated rings. The van der Waals surface area contributed by atoms with Gasteiger partial charge in [0.1, 0.15) is 23.8 Å². The maximum absolute atomic E-state index is 14.9. The summed E-state index contributed by atoms with van der Waals surface area (Å²) >= 11 is 0. The average Bonchev–Trinajstić information content (AvgIpc) is 3.48. The number of aryl methyl sites for hydroxylation is 2. The van der Waals surface area contributed by atoms with Crippen LogP contribution in [0, 0.1) is 19.7 Å². The quantitative estimate of drug-likeness (QED) is 0.259. The molecule has 0 saturated carbocycles. The van der Waals surface area contributed by atoms with Gasteiger partial charge in [-0.1, -0.05) is 30.3 Å². The molecule has 3 heterocycles. The van der Waals surface area contributed by atoms with Crippen molar-refractivity contribution in [2.24, 2.45) is 0 Å². The minimum Gasteiger partial charge on any atom is -0.445 e. The van der Waals surface area contributed by atoms with Crippen LogP contribution in [-0.4, -0.2) is 90.1 Å². The number of urea groups is 1. The van der Waals surface area contributed by atoms with Gasteiger partial charge in [0.05, 0.1) is 29.4 Å². The summed E-state index contributed by atoms with van der Waals surface area (Å²) in [4.78, 5) is 44.3. The molecule has 1 unspecified atom stereocenters. The van der Waals surface area contributed by atoms with Gasteiger partial charge in [-0.3, -0.25) is 5.32 Å². The van der Waals surface area contributed by atoms with Gasteiger partial charge in [-0.25, -0.2) is 23.5 Å². The summed E-state index contributed by atoms with van der Waals surface area (Å²) in [6, 6.07) is 11.5. The lowest BCUT2D eigenvalue weighted by Gasteiger charge is -2.48. The number of methoxy groups -OCH3 is 2. The second-order valence-electron chi connectivity index (χ2n) is 14.3. The van der Waals surface area contributed by atoms with E-state index in [-0.39, 0.29) is 32.1 Å². The summed E-state index contributed by atoms with van der Waals surface area (Å²) in [7, 11) is 2.94. The summed E-state index contributed by atoms with van der Waals surface area (Å²) < 4.78 is 38.6. The van der Waals surface area contributed by atoms with E-state index in [4.69, 9.17) is 24.0 Å². The number of likely N-dealkylation sites (tertiary alicyclic amines) is 1. The van der Waals surface area contributed by atoms with Crippen LogP contribution >= 0.6 is 0 Å². The number of hydrogen-bond acceptors (Lipinski definition) is 8. The van der Waals surface area contributed by atoms with E-state index in [0.29, 0.717) is 53.3 Å². The van der Waals surface area contributed by atoms with Crippen molar-refractivity contribution in [3.05, 3.63) is 76.2 Å². The number of piperidine rings is 1. The SMILES string of the molecule is COC(CNC(=O)Nc1c2c(nn1-c1cc(C)c(F)c(C)c1)C1(CCCN(C(=O)OC(C)(C)C)C1)CN(C(=O)OCc1ccccc1)[C@H]2C)OC. The highest BCUT2D eigenvalue weighted by Crippen LogP contribution is 2.48. The molecule has 2 aromatic carbocycles. The Hall–Kier alpha value is -4.69. The van der Waals surface area contributed by atoms with Crippen molar-refractivity contribution in [1.29, 1.82) is 0 Å². The molecule has 1 saturated heterocycles. The van der Waals surface area contributed by atoms with Gasteiger partial charge >= 0.3 is 18.2 Å². The van der Waals surface area contributed by atoms with Gasteiger partial charge in [0.2, 0.25) is 0 Å². The number of aromatic nitrogens is 2. The van der Waals surface area contributed by atoms with Crippen LogP contribution in [0.15, 0.2) is 42.5 Å². The molecule has 0 aliphatic carbocycles. The van der Waals surface area contributed by atoms with Gasteiger partial charge in [-0.2, -0.15) is 5.10 Å². The van der Waals surface area contributed by atoms with E-state index in [9.17, 15) is 18.8 Å². The van der Waals surface area contributed by atoms with Gasteiger partial charge in [-0.15, -0.1) is 0 Å². The monoisotopic (exact) mass is 708 g/mol. The highest BCUT2D eigenvalue weighted by molar-refractivity contribution is 5.90. The van der Waals surface area contributed by atoms with Gasteiger partial charge in [0, 0.05) is 39.4 Å². The molecule has 2 atom stereocenters. The van der Waals surface area contributed by atoms with E-state index in [1.165, 1.54) is 14.2 Å². The first kappa shape index (κ1) is 37.6. The maximum atomic E-state index is 14.9. The number of carbonyl (C=O) groups is 3. The van der Waals surface area contributed by atoms with Gasteiger partial charge in [0.15, 0.2) is 6.29 Å². The molecule has 51 heavy (non-hydrogen) atoms. The molecule has 4 amide bonds. The van der Waals surface area contributed by atoms with Crippen molar-refractivity contribution < 1.29 is 37.7 Å². The lowest BCUT2D eigenvalue weighted by Crippen LogP contribution is -2.58. The van der Waals surface area contributed by atoms with Crippen molar-refractivity contribution in [3.63, 3.8) is 0 Å². The zero-order valence-electron chi connectivity index (χ0n) is 30.7. The van der Waals surface area contributed by atoms with Crippen LogP contribution in [0.4, 0.5) is 24.6 Å². The number of halogens is 1. The molecule has 2 aliphatic rings. The summed E-state index contributed by atoms with van der Waals surface area (Å²) in [5.74, 6) is -0.0494. The third kappa shape index (κ3) is 8.28. The van der Waals surface area contributed by atoms with Crippen LogP contribution < -0.4 is 10.6 Å². The van der Waals surface area contributed by atoms with Crippen LogP contribution in [0.1, 0.15) is 74.5 Å². The van der Waals surface area contributed by atoms with Gasteiger partial charge in [0.25, 0.3) is 0 Å². The van der Waals surface area contributed by atoms with Crippen molar-refractivity contribution in [1.82, 2.24) is 24.9 Å². The average molecular weight is 709 g/mol. The van der Waals surface area contributed by atoms with Crippen molar-refractivity contribution in [2.75, 3.05) is 45.7 Å². The van der Waals surface area contributed by atoms with Crippen LogP contribution in [0.5, 0.6) is 0 Å². The van der Waals surface area contributed by atoms with E-state index in [2.05, 4.69) is 10.6 Å². The summed E-state index contributed by atoms with van der Waals surface area (Å²) in [6.45, 7) is 11.6. The number of hydrogen-bond donors (Lipinski definition) is 2. The molecule has 1 aromatic heterocycles. The fourth-order valence-corrected chi connectivity index (χ4v) is 6.82. The van der Waals surface area contributed by atoms with E-state index < -0.39 is 41.6 Å². The second-order valence-corrected chi connectivity index (χ2v) is 14.3. The molecule has 2 aliphatic heterocycles. The van der Waals surface area contributed by atoms with Crippen LogP contribution in [0.25, 0.3) is 5.69 Å². The van der Waals surface area contributed by atoms with Crippen LogP contribution in [0.2, 0.25) is 0 Å². The molecule has 3 aromatic rings. The molecular weight excluding hydrogens is 659 g/mol. The zero-order chi connectivity index (χ0) is 37.1. The normalized spacial score (nSPS) is 18.8. The topological polar surface area (TPSA) is 136 Å². The summed E-state index contributed by atoms with van der Waals surface area (Å²) in [5.41, 5.74) is 1.78. The van der Waals surface area contributed by atoms with Crippen molar-refractivity contribution >= 4 is 24.0 Å². The largest absolute Gasteiger partial charge is 0.445 e. The van der Waals surface area contributed by atoms with Crippen LogP contribution in [0.3, 0.4) is 0 Å². The highest BCUT2D eigenvalue weighted by atomic mass is 19.1. The van der Waals surface area contributed by atoms with Crippen LogP contribution in [-0.2, 0) is 31.0 Å². The maximum Gasteiger partial charge on any atom is 0.410 e. The summed E-state index contributed by atoms with van der Waals surface area (Å²) in [5, 5.41) is 10.9. The van der Waals surface area contributed by atoms with E-state index in [0.717, 1.165) is 5.56 Å². The fourth-order valence-electron chi connectivity index (χ4n) is 6.82.